The summed E-state index contributed by atoms with van der Waals surface area (Å²) in [6, 6.07) is 52.2. The zero-order chi connectivity index (χ0) is 28.6. The molecule has 1 N–H and O–H groups in total. The van der Waals surface area contributed by atoms with Crippen LogP contribution in [0.2, 0.25) is 0 Å². The molecule has 8 rings (SSSR count). The third-order valence-corrected chi connectivity index (χ3v) is 7.95. The lowest BCUT2D eigenvalue weighted by Crippen LogP contribution is -2.36. The normalized spacial score (nSPS) is 14.7. The van der Waals surface area contributed by atoms with Gasteiger partial charge in [-0.05, 0) is 46.0 Å². The standard InChI is InChI=1S/C39H27N3O/c1-3-11-26(12-4-1)30-15-9-16-31(25-30)39-41-37(28-13-5-2-6-14-28)40-38(42-39)29-23-21-27(22-24-29)32-18-10-20-35-36(32)33-17-7-8-19-34(33)43-35/h1-25,39H,(H,40,41,42). The first-order valence-electron chi connectivity index (χ1n) is 14.4. The molecule has 4 heteroatoms. The number of nitrogens with zero attached hydrogens (tertiary/aromatic N) is 2. The number of rotatable bonds is 5. The van der Waals surface area contributed by atoms with E-state index in [1.807, 2.05) is 42.5 Å². The molecule has 1 aliphatic heterocycles. The molecule has 43 heavy (non-hydrogen) atoms. The highest BCUT2D eigenvalue weighted by molar-refractivity contribution is 6.16. The summed E-state index contributed by atoms with van der Waals surface area (Å²) < 4.78 is 6.14. The Morgan fingerprint density at radius 1 is 0.465 bits per heavy atom. The molecule has 204 valence electrons. The van der Waals surface area contributed by atoms with Crippen LogP contribution in [0.4, 0.5) is 0 Å². The number of benzene rings is 6. The highest BCUT2D eigenvalue weighted by atomic mass is 16.3. The summed E-state index contributed by atoms with van der Waals surface area (Å²) in [7, 11) is 0. The van der Waals surface area contributed by atoms with E-state index in [0.717, 1.165) is 67.0 Å². The lowest BCUT2D eigenvalue weighted by atomic mass is 9.98. The fourth-order valence-corrected chi connectivity index (χ4v) is 5.82. The summed E-state index contributed by atoms with van der Waals surface area (Å²) in [5.41, 5.74) is 9.46. The summed E-state index contributed by atoms with van der Waals surface area (Å²) in [6.45, 7) is 0. The fourth-order valence-electron chi connectivity index (χ4n) is 5.82. The number of para-hydroxylation sites is 1. The first-order chi connectivity index (χ1) is 21.3. The highest BCUT2D eigenvalue weighted by Gasteiger charge is 2.21. The quantitative estimate of drug-likeness (QED) is 0.231. The van der Waals surface area contributed by atoms with E-state index in [0.29, 0.717) is 0 Å². The van der Waals surface area contributed by atoms with Crippen molar-refractivity contribution in [3.63, 3.8) is 0 Å². The van der Waals surface area contributed by atoms with Gasteiger partial charge in [-0.3, -0.25) is 0 Å². The van der Waals surface area contributed by atoms with E-state index in [1.54, 1.807) is 0 Å². The zero-order valence-electron chi connectivity index (χ0n) is 23.3. The monoisotopic (exact) mass is 553 g/mol. The lowest BCUT2D eigenvalue weighted by Gasteiger charge is -2.23. The zero-order valence-corrected chi connectivity index (χ0v) is 23.3. The van der Waals surface area contributed by atoms with E-state index in [9.17, 15) is 0 Å². The average Bonchev–Trinajstić information content (AvgIpc) is 3.48. The van der Waals surface area contributed by atoms with Gasteiger partial charge >= 0.3 is 0 Å². The fraction of sp³-hybridized carbons (Fsp3) is 0.0256. The van der Waals surface area contributed by atoms with Gasteiger partial charge in [0.15, 0.2) is 6.17 Å². The van der Waals surface area contributed by atoms with Crippen LogP contribution in [0.15, 0.2) is 166 Å². The van der Waals surface area contributed by atoms with Gasteiger partial charge in [-0.25, -0.2) is 9.98 Å². The molecule has 7 aromatic rings. The number of nitrogens with one attached hydrogen (secondary N) is 1. The first-order valence-corrected chi connectivity index (χ1v) is 14.4. The summed E-state index contributed by atoms with van der Waals surface area (Å²) in [4.78, 5) is 10.2. The maximum absolute atomic E-state index is 6.14. The summed E-state index contributed by atoms with van der Waals surface area (Å²) in [6.07, 6.45) is -0.374. The van der Waals surface area contributed by atoms with Gasteiger partial charge in [0.25, 0.3) is 0 Å². The molecule has 0 bridgehead atoms. The Morgan fingerprint density at radius 2 is 1.05 bits per heavy atom. The minimum atomic E-state index is -0.374. The molecular weight excluding hydrogens is 526 g/mol. The van der Waals surface area contributed by atoms with E-state index in [1.165, 1.54) is 5.56 Å². The highest BCUT2D eigenvalue weighted by Crippen LogP contribution is 2.36. The van der Waals surface area contributed by atoms with Crippen LogP contribution < -0.4 is 5.32 Å². The molecule has 0 fully saturated rings. The molecule has 4 nitrogen and oxygen atoms in total. The van der Waals surface area contributed by atoms with Crippen LogP contribution in [0.3, 0.4) is 0 Å². The van der Waals surface area contributed by atoms with Crippen molar-refractivity contribution in [3.05, 3.63) is 168 Å². The predicted octanol–water partition coefficient (Wildman–Crippen LogP) is 9.42. The minimum absolute atomic E-state index is 0.374. The molecule has 0 spiro atoms. The van der Waals surface area contributed by atoms with Gasteiger partial charge in [-0.2, -0.15) is 0 Å². The van der Waals surface area contributed by atoms with Crippen LogP contribution in [-0.2, 0) is 0 Å². The van der Waals surface area contributed by atoms with Crippen LogP contribution in [0.5, 0.6) is 0 Å². The molecule has 0 saturated heterocycles. The van der Waals surface area contributed by atoms with Crippen molar-refractivity contribution in [2.75, 3.05) is 0 Å². The Labute approximate surface area is 249 Å². The van der Waals surface area contributed by atoms with Gasteiger partial charge in [0.1, 0.15) is 22.8 Å². The van der Waals surface area contributed by atoms with Crippen molar-refractivity contribution in [1.29, 1.82) is 0 Å². The summed E-state index contributed by atoms with van der Waals surface area (Å²) >= 11 is 0. The molecule has 6 aromatic carbocycles. The van der Waals surface area contributed by atoms with Gasteiger partial charge in [-0.1, -0.05) is 133 Å². The Bertz CT molecular complexity index is 2140. The van der Waals surface area contributed by atoms with Gasteiger partial charge in [0.2, 0.25) is 0 Å². The lowest BCUT2D eigenvalue weighted by molar-refractivity contribution is 0.669. The second-order valence-electron chi connectivity index (χ2n) is 10.7. The molecule has 0 amide bonds. The SMILES string of the molecule is c1ccc(C2=NC(c3cccc(-c4ccccc4)c3)N=C(c3ccc(-c4cccc5oc6ccccc6c45)cc3)N2)cc1. The molecular formula is C39H27N3O. The first kappa shape index (κ1) is 25.0. The Morgan fingerprint density at radius 3 is 1.81 bits per heavy atom. The minimum Gasteiger partial charge on any atom is -0.456 e. The molecule has 0 aliphatic carbocycles. The molecule has 0 saturated carbocycles. The van der Waals surface area contributed by atoms with Gasteiger partial charge in [-0.15, -0.1) is 0 Å². The number of furan rings is 1. The summed E-state index contributed by atoms with van der Waals surface area (Å²) in [5.74, 6) is 1.60. The third kappa shape index (κ3) is 4.69. The molecule has 0 radical (unpaired) electrons. The largest absolute Gasteiger partial charge is 0.456 e. The third-order valence-electron chi connectivity index (χ3n) is 7.95. The number of amidine groups is 2. The molecule has 1 aromatic heterocycles. The number of aliphatic imine (C=N–C) groups is 2. The second kappa shape index (κ2) is 10.6. The van der Waals surface area contributed by atoms with Crippen molar-refractivity contribution < 1.29 is 4.42 Å². The van der Waals surface area contributed by atoms with E-state index >= 15 is 0 Å². The predicted molar refractivity (Wildman–Crippen MR) is 176 cm³/mol. The Balaban J connectivity index is 1.19. The summed E-state index contributed by atoms with van der Waals surface area (Å²) in [5, 5.41) is 5.79. The maximum Gasteiger partial charge on any atom is 0.169 e. The van der Waals surface area contributed by atoms with Gasteiger partial charge < -0.3 is 9.73 Å². The Hall–Kier alpha value is -5.74. The van der Waals surface area contributed by atoms with Crippen LogP contribution in [0.25, 0.3) is 44.2 Å². The van der Waals surface area contributed by atoms with Crippen LogP contribution >= 0.6 is 0 Å². The van der Waals surface area contributed by atoms with Gasteiger partial charge in [0, 0.05) is 21.9 Å². The molecule has 1 atom stereocenters. The molecule has 1 aliphatic rings. The van der Waals surface area contributed by atoms with Crippen LogP contribution in [-0.4, -0.2) is 11.7 Å². The van der Waals surface area contributed by atoms with E-state index < -0.39 is 0 Å². The van der Waals surface area contributed by atoms with E-state index in [-0.39, 0.29) is 6.17 Å². The molecule has 2 heterocycles. The van der Waals surface area contributed by atoms with E-state index in [4.69, 9.17) is 14.4 Å². The second-order valence-corrected chi connectivity index (χ2v) is 10.7. The van der Waals surface area contributed by atoms with Crippen molar-refractivity contribution in [1.82, 2.24) is 5.32 Å². The topological polar surface area (TPSA) is 49.9 Å². The van der Waals surface area contributed by atoms with Crippen molar-refractivity contribution in [3.8, 4) is 22.3 Å². The Kier molecular flexibility index (Phi) is 6.16. The van der Waals surface area contributed by atoms with Crippen molar-refractivity contribution >= 4 is 33.6 Å². The van der Waals surface area contributed by atoms with Crippen molar-refractivity contribution in [2.45, 2.75) is 6.17 Å². The molecule has 1 unspecified atom stereocenters. The number of fused-ring (bicyclic) bond motifs is 3. The average molecular weight is 554 g/mol. The number of hydrogen-bond acceptors (Lipinski definition) is 4. The number of hydrogen-bond donors (Lipinski definition) is 1. The maximum atomic E-state index is 6.14. The van der Waals surface area contributed by atoms with Crippen LogP contribution in [0, 0.1) is 0 Å². The van der Waals surface area contributed by atoms with E-state index in [2.05, 4.69) is 115 Å². The smallest absolute Gasteiger partial charge is 0.169 e. The van der Waals surface area contributed by atoms with Crippen molar-refractivity contribution in [2.24, 2.45) is 9.98 Å². The van der Waals surface area contributed by atoms with Gasteiger partial charge in [0.05, 0.1) is 0 Å². The van der Waals surface area contributed by atoms with Crippen LogP contribution in [0.1, 0.15) is 22.9 Å².